The molecule has 0 radical (unpaired) electrons. The number of fused-ring (bicyclic) bond motifs is 1. The zero-order chi connectivity index (χ0) is 18.8. The number of ether oxygens (including phenoxy) is 1. The van der Waals surface area contributed by atoms with Crippen molar-refractivity contribution in [2.75, 3.05) is 0 Å². The van der Waals surface area contributed by atoms with Crippen molar-refractivity contribution in [1.29, 1.82) is 0 Å². The van der Waals surface area contributed by atoms with Crippen LogP contribution in [0.15, 0.2) is 30.5 Å². The summed E-state index contributed by atoms with van der Waals surface area (Å²) in [5, 5.41) is 19.4. The summed E-state index contributed by atoms with van der Waals surface area (Å²) in [5.74, 6) is -1.56. The summed E-state index contributed by atoms with van der Waals surface area (Å²) in [5.41, 5.74) is 0.781. The molecule has 0 amide bonds. The van der Waals surface area contributed by atoms with Crippen molar-refractivity contribution in [2.45, 2.75) is 13.5 Å². The lowest BCUT2D eigenvalue weighted by molar-refractivity contribution is 0.0693. The number of aryl methyl sites for hydroxylation is 1. The van der Waals surface area contributed by atoms with Crippen molar-refractivity contribution in [2.24, 2.45) is 0 Å². The van der Waals surface area contributed by atoms with E-state index >= 15 is 0 Å². The van der Waals surface area contributed by atoms with E-state index in [2.05, 4.69) is 9.97 Å². The smallest absolute Gasteiger partial charge is 0.342 e. The highest BCUT2D eigenvalue weighted by atomic mass is 35.5. The molecule has 3 aromatic rings. The van der Waals surface area contributed by atoms with Gasteiger partial charge in [0.25, 0.3) is 0 Å². The van der Waals surface area contributed by atoms with Crippen LogP contribution >= 0.6 is 11.6 Å². The number of hydrogen-bond donors (Lipinski definition) is 2. The number of carbonyl (C=O) groups excluding carboxylic acids is 1. The molecule has 2 N–H and O–H groups in total. The third-order valence-electron chi connectivity index (χ3n) is 3.83. The Morgan fingerprint density at radius 2 is 2.08 bits per heavy atom. The number of aromatic nitrogens is 2. The normalized spacial score (nSPS) is 10.7. The largest absolute Gasteiger partial charge is 0.477 e. The molecule has 0 atom stereocenters. The van der Waals surface area contributed by atoms with Gasteiger partial charge in [0.15, 0.2) is 12.0 Å². The first kappa shape index (κ1) is 17.8. The first-order valence-corrected chi connectivity index (χ1v) is 7.89. The van der Waals surface area contributed by atoms with Crippen LogP contribution in [0, 0.1) is 6.92 Å². The Bertz CT molecular complexity index is 1040. The summed E-state index contributed by atoms with van der Waals surface area (Å²) in [6, 6.07) is 6.75. The molecule has 0 saturated heterocycles. The van der Waals surface area contributed by atoms with E-state index in [9.17, 15) is 19.8 Å². The monoisotopic (exact) mass is 372 g/mol. The van der Waals surface area contributed by atoms with E-state index in [1.165, 1.54) is 6.20 Å². The molecule has 0 aliphatic carbocycles. The average Bonchev–Trinajstić information content (AvgIpc) is 2.63. The third-order valence-corrected chi connectivity index (χ3v) is 4.22. The zero-order valence-electron chi connectivity index (χ0n) is 13.6. The quantitative estimate of drug-likeness (QED) is 0.660. The highest BCUT2D eigenvalue weighted by Gasteiger charge is 2.23. The Kier molecular flexibility index (Phi) is 4.83. The molecule has 0 fully saturated rings. The number of nitrogens with zero attached hydrogens (tertiary/aromatic N) is 2. The number of carboxylic acids is 1. The second-order valence-corrected chi connectivity index (χ2v) is 5.80. The van der Waals surface area contributed by atoms with Gasteiger partial charge in [-0.25, -0.2) is 9.78 Å². The van der Waals surface area contributed by atoms with E-state index in [0.29, 0.717) is 22.9 Å². The fraction of sp³-hybridized carbons (Fsp3) is 0.111. The summed E-state index contributed by atoms with van der Waals surface area (Å²) in [6.45, 7) is 1.17. The van der Waals surface area contributed by atoms with Crippen LogP contribution in [-0.2, 0) is 6.61 Å². The molecule has 2 aromatic heterocycles. The Morgan fingerprint density at radius 3 is 2.73 bits per heavy atom. The topological polar surface area (TPSA) is 110 Å². The SMILES string of the molecule is Cc1ncc(CO)c(C=O)c1Oc1nc2ccccc2c(Cl)c1C(=O)O. The van der Waals surface area contributed by atoms with Crippen molar-refractivity contribution in [3.63, 3.8) is 0 Å². The molecule has 0 saturated carbocycles. The van der Waals surface area contributed by atoms with Gasteiger partial charge in [0.05, 0.1) is 28.4 Å². The number of aliphatic hydroxyl groups is 1. The van der Waals surface area contributed by atoms with Crippen LogP contribution in [0.5, 0.6) is 11.6 Å². The number of carboxylic acid groups (broad SMARTS) is 1. The lowest BCUT2D eigenvalue weighted by Gasteiger charge is -2.15. The number of carbonyl (C=O) groups is 2. The Morgan fingerprint density at radius 1 is 1.35 bits per heavy atom. The number of benzene rings is 1. The molecule has 0 aliphatic rings. The molecule has 8 heteroatoms. The predicted molar refractivity (Wildman–Crippen MR) is 94.1 cm³/mol. The lowest BCUT2D eigenvalue weighted by Crippen LogP contribution is -2.07. The van der Waals surface area contributed by atoms with E-state index < -0.39 is 12.6 Å². The van der Waals surface area contributed by atoms with Crippen molar-refractivity contribution < 1.29 is 24.5 Å². The van der Waals surface area contributed by atoms with Gasteiger partial charge in [-0.05, 0) is 13.0 Å². The fourth-order valence-corrected chi connectivity index (χ4v) is 2.86. The number of pyridine rings is 2. The van der Waals surface area contributed by atoms with E-state index in [4.69, 9.17) is 16.3 Å². The maximum Gasteiger partial charge on any atom is 0.342 e. The standard InChI is InChI=1S/C18H13ClN2O5/c1-9-16(12(8-23)10(7-22)6-20-9)26-17-14(18(24)25)15(19)11-4-2-3-5-13(11)21-17/h2-6,8,22H,7H2,1H3,(H,24,25). The van der Waals surface area contributed by atoms with Gasteiger partial charge in [-0.15, -0.1) is 0 Å². The summed E-state index contributed by atoms with van der Waals surface area (Å²) >= 11 is 6.25. The molecular weight excluding hydrogens is 360 g/mol. The predicted octanol–water partition coefficient (Wildman–Crippen LogP) is 3.39. The molecule has 26 heavy (non-hydrogen) atoms. The molecule has 1 aromatic carbocycles. The number of halogens is 1. The summed E-state index contributed by atoms with van der Waals surface area (Å²) < 4.78 is 5.67. The maximum atomic E-state index is 11.7. The van der Waals surface area contributed by atoms with E-state index in [1.54, 1.807) is 31.2 Å². The maximum absolute atomic E-state index is 11.7. The molecule has 2 heterocycles. The molecule has 3 rings (SSSR count). The van der Waals surface area contributed by atoms with Crippen LogP contribution in [0.4, 0.5) is 0 Å². The minimum absolute atomic E-state index is 0.0188. The number of aliphatic hydroxyl groups excluding tert-OH is 1. The first-order chi connectivity index (χ1) is 12.5. The van der Waals surface area contributed by atoms with Gasteiger partial charge >= 0.3 is 5.97 Å². The Labute approximate surface area is 152 Å². The van der Waals surface area contributed by atoms with E-state index in [-0.39, 0.29) is 33.3 Å². The van der Waals surface area contributed by atoms with Gasteiger partial charge in [-0.1, -0.05) is 29.8 Å². The van der Waals surface area contributed by atoms with Gasteiger partial charge in [0.1, 0.15) is 5.56 Å². The third kappa shape index (κ3) is 2.98. The van der Waals surface area contributed by atoms with Crippen LogP contribution in [0.2, 0.25) is 5.02 Å². The van der Waals surface area contributed by atoms with Crippen molar-refractivity contribution in [3.8, 4) is 11.6 Å². The van der Waals surface area contributed by atoms with Crippen LogP contribution in [0.3, 0.4) is 0 Å². The summed E-state index contributed by atoms with van der Waals surface area (Å²) in [6.07, 6.45) is 1.86. The number of aromatic carboxylic acids is 1. The highest BCUT2D eigenvalue weighted by Crippen LogP contribution is 2.36. The minimum atomic E-state index is -1.32. The van der Waals surface area contributed by atoms with Crippen LogP contribution in [0.1, 0.15) is 32.0 Å². The van der Waals surface area contributed by atoms with Gasteiger partial charge < -0.3 is 14.9 Å². The van der Waals surface area contributed by atoms with Gasteiger partial charge in [0, 0.05) is 17.1 Å². The van der Waals surface area contributed by atoms with E-state index in [1.807, 2.05) is 0 Å². The van der Waals surface area contributed by atoms with Crippen LogP contribution in [0.25, 0.3) is 10.9 Å². The Balaban J connectivity index is 2.26. The van der Waals surface area contributed by atoms with Gasteiger partial charge in [-0.2, -0.15) is 0 Å². The first-order valence-electron chi connectivity index (χ1n) is 7.51. The van der Waals surface area contributed by atoms with Crippen LogP contribution < -0.4 is 4.74 Å². The Hall–Kier alpha value is -3.03. The average molecular weight is 373 g/mol. The second-order valence-electron chi connectivity index (χ2n) is 5.42. The van der Waals surface area contributed by atoms with Crippen molar-refractivity contribution in [1.82, 2.24) is 9.97 Å². The molecule has 7 nitrogen and oxygen atoms in total. The molecule has 0 unspecified atom stereocenters. The second kappa shape index (κ2) is 7.07. The number of rotatable bonds is 5. The molecule has 0 spiro atoms. The molecule has 0 bridgehead atoms. The zero-order valence-corrected chi connectivity index (χ0v) is 14.3. The van der Waals surface area contributed by atoms with Crippen molar-refractivity contribution >= 4 is 34.8 Å². The number of hydrogen-bond acceptors (Lipinski definition) is 6. The summed E-state index contributed by atoms with van der Waals surface area (Å²) in [7, 11) is 0. The lowest BCUT2D eigenvalue weighted by atomic mass is 10.1. The van der Waals surface area contributed by atoms with Gasteiger partial charge in [-0.3, -0.25) is 9.78 Å². The highest BCUT2D eigenvalue weighted by molar-refractivity contribution is 6.38. The number of para-hydroxylation sites is 1. The van der Waals surface area contributed by atoms with Gasteiger partial charge in [0.2, 0.25) is 5.88 Å². The summed E-state index contributed by atoms with van der Waals surface area (Å²) in [4.78, 5) is 31.5. The van der Waals surface area contributed by atoms with E-state index in [0.717, 1.165) is 0 Å². The molecule has 132 valence electrons. The fourth-order valence-electron chi connectivity index (χ4n) is 2.53. The number of aldehydes is 1. The minimum Gasteiger partial charge on any atom is -0.477 e. The van der Waals surface area contributed by atoms with Crippen LogP contribution in [-0.4, -0.2) is 32.4 Å². The molecular formula is C18H13ClN2O5. The molecule has 0 aliphatic heterocycles. The van der Waals surface area contributed by atoms with Crippen molar-refractivity contribution in [3.05, 3.63) is 57.9 Å².